The molecule has 0 radical (unpaired) electrons. The van der Waals surface area contributed by atoms with Gasteiger partial charge >= 0.3 is 0 Å². The lowest BCUT2D eigenvalue weighted by Gasteiger charge is -2.38. The molecule has 4 nitrogen and oxygen atoms in total. The molecule has 0 atom stereocenters. The number of hydrogen-bond donors (Lipinski definition) is 2. The molecule has 0 aliphatic carbocycles. The van der Waals surface area contributed by atoms with Crippen LogP contribution in [0.15, 0.2) is 22.7 Å². The molecule has 18 heavy (non-hydrogen) atoms. The van der Waals surface area contributed by atoms with Crippen molar-refractivity contribution in [2.75, 3.05) is 19.6 Å². The molecule has 1 fully saturated rings. The highest BCUT2D eigenvalue weighted by Gasteiger charge is 2.29. The van der Waals surface area contributed by atoms with Gasteiger partial charge in [0, 0.05) is 24.1 Å². The Bertz CT molecular complexity index is 447. The lowest BCUT2D eigenvalue weighted by molar-refractivity contribution is 0.0613. The van der Waals surface area contributed by atoms with Crippen molar-refractivity contribution in [3.8, 4) is 5.75 Å². The van der Waals surface area contributed by atoms with Crippen LogP contribution in [-0.2, 0) is 0 Å². The van der Waals surface area contributed by atoms with Crippen LogP contribution in [0.1, 0.15) is 23.7 Å². The Hall–Kier alpha value is -1.07. The SMILES string of the molecule is CCCN(C(=O)c1ccc(Br)cc1O)C1CNC1. The molecule has 2 rings (SSSR count). The summed E-state index contributed by atoms with van der Waals surface area (Å²) in [5, 5.41) is 13.0. The number of halogens is 1. The molecule has 2 N–H and O–H groups in total. The lowest BCUT2D eigenvalue weighted by atomic mass is 10.1. The fraction of sp³-hybridized carbons (Fsp3) is 0.462. The second-order valence-corrected chi connectivity index (χ2v) is 5.39. The van der Waals surface area contributed by atoms with Gasteiger partial charge in [-0.3, -0.25) is 4.79 Å². The number of nitrogens with zero attached hydrogens (tertiary/aromatic N) is 1. The number of phenolic OH excluding ortho intramolecular Hbond substituents is 1. The van der Waals surface area contributed by atoms with E-state index in [1.165, 1.54) is 0 Å². The van der Waals surface area contributed by atoms with Crippen LogP contribution < -0.4 is 5.32 Å². The summed E-state index contributed by atoms with van der Waals surface area (Å²) >= 11 is 3.27. The van der Waals surface area contributed by atoms with Crippen LogP contribution in [0.25, 0.3) is 0 Å². The average molecular weight is 313 g/mol. The van der Waals surface area contributed by atoms with Gasteiger partial charge in [0.25, 0.3) is 5.91 Å². The Morgan fingerprint density at radius 3 is 2.78 bits per heavy atom. The molecule has 98 valence electrons. The normalized spacial score (nSPS) is 15.2. The van der Waals surface area contributed by atoms with E-state index >= 15 is 0 Å². The van der Waals surface area contributed by atoms with Crippen molar-refractivity contribution in [3.63, 3.8) is 0 Å². The summed E-state index contributed by atoms with van der Waals surface area (Å²) in [6.07, 6.45) is 0.916. The summed E-state index contributed by atoms with van der Waals surface area (Å²) in [6.45, 7) is 4.44. The van der Waals surface area contributed by atoms with Gasteiger partial charge in [0.05, 0.1) is 11.6 Å². The third-order valence-corrected chi connectivity index (χ3v) is 3.61. The van der Waals surface area contributed by atoms with E-state index in [4.69, 9.17) is 0 Å². The Kier molecular flexibility index (Phi) is 4.24. The lowest BCUT2D eigenvalue weighted by Crippen LogP contribution is -2.59. The van der Waals surface area contributed by atoms with Gasteiger partial charge in [0.2, 0.25) is 0 Å². The fourth-order valence-corrected chi connectivity index (χ4v) is 2.37. The molecule has 5 heteroatoms. The number of amides is 1. The molecule has 1 aromatic carbocycles. The molecule has 0 saturated carbocycles. The predicted molar refractivity (Wildman–Crippen MR) is 73.8 cm³/mol. The number of carbonyl (C=O) groups is 1. The first-order valence-corrected chi connectivity index (χ1v) is 6.93. The zero-order valence-corrected chi connectivity index (χ0v) is 11.9. The van der Waals surface area contributed by atoms with E-state index in [9.17, 15) is 9.90 Å². The van der Waals surface area contributed by atoms with Crippen molar-refractivity contribution in [1.29, 1.82) is 0 Å². The molecule has 1 amide bonds. The average Bonchev–Trinajstić information content (AvgIpc) is 2.25. The molecule has 1 saturated heterocycles. The van der Waals surface area contributed by atoms with Crippen LogP contribution in [0.4, 0.5) is 0 Å². The van der Waals surface area contributed by atoms with E-state index in [1.807, 2.05) is 11.8 Å². The van der Waals surface area contributed by atoms with Crippen LogP contribution in [0.3, 0.4) is 0 Å². The number of hydrogen-bond acceptors (Lipinski definition) is 3. The van der Waals surface area contributed by atoms with Gasteiger partial charge in [-0.1, -0.05) is 22.9 Å². The number of phenols is 1. The molecular formula is C13H17BrN2O2. The smallest absolute Gasteiger partial charge is 0.257 e. The van der Waals surface area contributed by atoms with E-state index < -0.39 is 0 Å². The Labute approximate surface area is 115 Å². The number of benzene rings is 1. The van der Waals surface area contributed by atoms with Crippen molar-refractivity contribution in [1.82, 2.24) is 10.2 Å². The van der Waals surface area contributed by atoms with Gasteiger partial charge in [-0.15, -0.1) is 0 Å². The standard InChI is InChI=1S/C13H17BrN2O2/c1-2-5-16(10-7-15-8-10)13(18)11-4-3-9(14)6-12(11)17/h3-4,6,10,15,17H,2,5,7-8H2,1H3. The van der Waals surface area contributed by atoms with E-state index in [-0.39, 0.29) is 17.7 Å². The maximum absolute atomic E-state index is 12.4. The van der Waals surface area contributed by atoms with Gasteiger partial charge in [-0.2, -0.15) is 0 Å². The molecule has 1 aliphatic heterocycles. The van der Waals surface area contributed by atoms with Crippen LogP contribution in [-0.4, -0.2) is 41.6 Å². The quantitative estimate of drug-likeness (QED) is 0.894. The van der Waals surface area contributed by atoms with Gasteiger partial charge in [0.15, 0.2) is 0 Å². The minimum absolute atomic E-state index is 0.0303. The molecular weight excluding hydrogens is 296 g/mol. The first kappa shape index (κ1) is 13.4. The highest BCUT2D eigenvalue weighted by Crippen LogP contribution is 2.24. The summed E-state index contributed by atoms with van der Waals surface area (Å²) in [4.78, 5) is 14.3. The third kappa shape index (κ3) is 2.67. The Morgan fingerprint density at radius 1 is 1.56 bits per heavy atom. The van der Waals surface area contributed by atoms with Gasteiger partial charge in [-0.25, -0.2) is 0 Å². The number of aromatic hydroxyl groups is 1. The topological polar surface area (TPSA) is 52.6 Å². The van der Waals surface area contributed by atoms with Crippen molar-refractivity contribution in [3.05, 3.63) is 28.2 Å². The van der Waals surface area contributed by atoms with Gasteiger partial charge in [0.1, 0.15) is 5.75 Å². The second-order valence-electron chi connectivity index (χ2n) is 4.47. The van der Waals surface area contributed by atoms with Crippen LogP contribution >= 0.6 is 15.9 Å². The molecule has 1 heterocycles. The van der Waals surface area contributed by atoms with E-state index in [2.05, 4.69) is 21.2 Å². The van der Waals surface area contributed by atoms with Crippen LogP contribution in [0, 0.1) is 0 Å². The monoisotopic (exact) mass is 312 g/mol. The molecule has 0 unspecified atom stereocenters. The van der Waals surface area contributed by atoms with Gasteiger partial charge in [-0.05, 0) is 24.6 Å². The summed E-state index contributed by atoms with van der Waals surface area (Å²) in [6, 6.07) is 5.24. The maximum Gasteiger partial charge on any atom is 0.257 e. The van der Waals surface area contributed by atoms with E-state index in [0.717, 1.165) is 30.5 Å². The predicted octanol–water partition coefficient (Wildman–Crippen LogP) is 1.98. The second kappa shape index (κ2) is 5.71. The number of carbonyl (C=O) groups excluding carboxylic acids is 1. The minimum atomic E-state index is -0.0895. The van der Waals surface area contributed by atoms with E-state index in [0.29, 0.717) is 5.56 Å². The van der Waals surface area contributed by atoms with Crippen molar-refractivity contribution in [2.24, 2.45) is 0 Å². The first-order valence-electron chi connectivity index (χ1n) is 6.13. The highest BCUT2D eigenvalue weighted by molar-refractivity contribution is 9.10. The molecule has 0 aromatic heterocycles. The van der Waals surface area contributed by atoms with Gasteiger partial charge < -0.3 is 15.3 Å². The molecule has 0 bridgehead atoms. The van der Waals surface area contributed by atoms with Crippen molar-refractivity contribution in [2.45, 2.75) is 19.4 Å². The summed E-state index contributed by atoms with van der Waals surface area (Å²) in [5.41, 5.74) is 0.374. The molecule has 1 aromatic rings. The zero-order valence-electron chi connectivity index (χ0n) is 10.3. The van der Waals surface area contributed by atoms with Crippen LogP contribution in [0.5, 0.6) is 5.75 Å². The summed E-state index contributed by atoms with van der Waals surface area (Å²) in [7, 11) is 0. The third-order valence-electron chi connectivity index (χ3n) is 3.12. The minimum Gasteiger partial charge on any atom is -0.507 e. The largest absolute Gasteiger partial charge is 0.507 e. The number of rotatable bonds is 4. The Balaban J connectivity index is 2.21. The van der Waals surface area contributed by atoms with Crippen LogP contribution in [0.2, 0.25) is 0 Å². The van der Waals surface area contributed by atoms with E-state index in [1.54, 1.807) is 18.2 Å². The molecule has 1 aliphatic rings. The Morgan fingerprint density at radius 2 is 2.28 bits per heavy atom. The summed E-state index contributed by atoms with van der Waals surface area (Å²) in [5.74, 6) is -0.0592. The first-order chi connectivity index (χ1) is 8.63. The number of nitrogens with one attached hydrogen (secondary N) is 1. The zero-order chi connectivity index (χ0) is 13.1. The van der Waals surface area contributed by atoms with Crippen molar-refractivity contribution >= 4 is 21.8 Å². The summed E-state index contributed by atoms with van der Waals surface area (Å²) < 4.78 is 0.768. The molecule has 0 spiro atoms. The highest BCUT2D eigenvalue weighted by atomic mass is 79.9. The maximum atomic E-state index is 12.4. The van der Waals surface area contributed by atoms with Crippen molar-refractivity contribution < 1.29 is 9.90 Å². The fourth-order valence-electron chi connectivity index (χ4n) is 2.03.